The summed E-state index contributed by atoms with van der Waals surface area (Å²) in [5, 5.41) is 0. The molecule has 0 radical (unpaired) electrons. The molecule has 0 saturated carbocycles. The van der Waals surface area contributed by atoms with Gasteiger partial charge in [0.15, 0.2) is 0 Å². The Balaban J connectivity index is 2.79. The summed E-state index contributed by atoms with van der Waals surface area (Å²) in [6.07, 6.45) is -3.03. The van der Waals surface area contributed by atoms with Crippen molar-refractivity contribution in [2.45, 2.75) is 11.1 Å². The smallest absolute Gasteiger partial charge is 0.211 e. The minimum Gasteiger partial charge on any atom is -0.211 e. The number of thioether (sulfide) groups is 1. The Hall–Kier alpha value is -1.26. The normalized spacial score (nSPS) is 10.9. The molecule has 1 aromatic carbocycles. The molecule has 0 fully saturated rings. The van der Waals surface area contributed by atoms with Gasteiger partial charge in [0.25, 0.3) is 0 Å². The number of rotatable bonds is 3. The molecule has 0 aromatic heterocycles. The molecule has 0 aliphatic rings. The summed E-state index contributed by atoms with van der Waals surface area (Å²) in [6, 6.07) is 4.86. The van der Waals surface area contributed by atoms with Gasteiger partial charge in [-0.15, -0.1) is 11.8 Å². The molecule has 2 nitrogen and oxygen atoms in total. The van der Waals surface area contributed by atoms with Crippen LogP contribution >= 0.6 is 11.8 Å². The number of carbonyl (C=O) groups excluding carboxylic acids is 1. The fourth-order valence-corrected chi connectivity index (χ4v) is 1.55. The lowest BCUT2D eigenvalue weighted by molar-refractivity contribution is -0.137. The standard InChI is InChI=1S/C9H6F3NOS/c10-9(11,12)7-2-1-3-8(4-7)15-6-13-5-14/h1-4H,6H2. The average molecular weight is 233 g/mol. The van der Waals surface area contributed by atoms with Crippen molar-refractivity contribution in [1.29, 1.82) is 0 Å². The lowest BCUT2D eigenvalue weighted by Crippen LogP contribution is -2.04. The van der Waals surface area contributed by atoms with E-state index in [1.54, 1.807) is 0 Å². The van der Waals surface area contributed by atoms with E-state index in [1.165, 1.54) is 18.2 Å². The van der Waals surface area contributed by atoms with Gasteiger partial charge >= 0.3 is 6.18 Å². The Kier molecular flexibility index (Phi) is 3.94. The first-order chi connectivity index (χ1) is 7.04. The molecule has 0 amide bonds. The highest BCUT2D eigenvalue weighted by Crippen LogP contribution is 2.31. The number of aliphatic imine (C=N–C) groups is 1. The van der Waals surface area contributed by atoms with Crippen molar-refractivity contribution in [3.05, 3.63) is 29.8 Å². The molecule has 1 rings (SSSR count). The SMILES string of the molecule is O=C=NCSc1cccc(C(F)(F)F)c1. The Morgan fingerprint density at radius 2 is 2.13 bits per heavy atom. The highest BCUT2D eigenvalue weighted by molar-refractivity contribution is 7.99. The van der Waals surface area contributed by atoms with Gasteiger partial charge in [-0.2, -0.15) is 18.2 Å². The minimum absolute atomic E-state index is 0.0742. The van der Waals surface area contributed by atoms with Crippen LogP contribution in [0.25, 0.3) is 0 Å². The third-order valence-electron chi connectivity index (χ3n) is 1.52. The number of hydrogen-bond acceptors (Lipinski definition) is 3. The Labute approximate surface area is 88.2 Å². The number of isocyanates is 1. The predicted molar refractivity (Wildman–Crippen MR) is 50.3 cm³/mol. The third-order valence-corrected chi connectivity index (χ3v) is 2.37. The Morgan fingerprint density at radius 3 is 2.73 bits per heavy atom. The van der Waals surface area contributed by atoms with Crippen LogP contribution in [-0.4, -0.2) is 12.0 Å². The van der Waals surface area contributed by atoms with E-state index in [1.807, 2.05) is 0 Å². The van der Waals surface area contributed by atoms with Gasteiger partial charge < -0.3 is 0 Å². The second kappa shape index (κ2) is 5.00. The van der Waals surface area contributed by atoms with Crippen molar-refractivity contribution in [3.8, 4) is 0 Å². The van der Waals surface area contributed by atoms with Gasteiger partial charge in [0, 0.05) is 4.90 Å². The average Bonchev–Trinajstić information content (AvgIpc) is 2.17. The van der Waals surface area contributed by atoms with E-state index >= 15 is 0 Å². The van der Waals surface area contributed by atoms with Gasteiger partial charge in [-0.1, -0.05) is 6.07 Å². The molecular weight excluding hydrogens is 227 g/mol. The van der Waals surface area contributed by atoms with Gasteiger partial charge in [-0.3, -0.25) is 0 Å². The number of nitrogens with zero attached hydrogens (tertiary/aromatic N) is 1. The van der Waals surface area contributed by atoms with Crippen LogP contribution in [0.4, 0.5) is 13.2 Å². The molecular formula is C9H6F3NOS. The van der Waals surface area contributed by atoms with Gasteiger partial charge in [-0.05, 0) is 18.2 Å². The lowest BCUT2D eigenvalue weighted by Gasteiger charge is -2.07. The highest BCUT2D eigenvalue weighted by Gasteiger charge is 2.30. The third kappa shape index (κ3) is 3.77. The summed E-state index contributed by atoms with van der Waals surface area (Å²) in [5.74, 6) is 0.0742. The molecule has 0 spiro atoms. The number of hydrogen-bond donors (Lipinski definition) is 0. The molecule has 15 heavy (non-hydrogen) atoms. The molecule has 0 heterocycles. The number of benzene rings is 1. The summed E-state index contributed by atoms with van der Waals surface area (Å²) in [4.78, 5) is 13.4. The first-order valence-corrected chi connectivity index (χ1v) is 4.86. The maximum atomic E-state index is 12.3. The van der Waals surface area contributed by atoms with E-state index in [0.29, 0.717) is 4.90 Å². The van der Waals surface area contributed by atoms with Crippen molar-refractivity contribution in [3.63, 3.8) is 0 Å². The maximum Gasteiger partial charge on any atom is 0.416 e. The summed E-state index contributed by atoms with van der Waals surface area (Å²) in [5.41, 5.74) is -0.706. The molecule has 1 aromatic rings. The summed E-state index contributed by atoms with van der Waals surface area (Å²) in [6.45, 7) is 0. The molecule has 0 bridgehead atoms. The molecule has 0 unspecified atom stereocenters. The first-order valence-electron chi connectivity index (χ1n) is 3.88. The van der Waals surface area contributed by atoms with Gasteiger partial charge in [-0.25, -0.2) is 4.79 Å². The zero-order valence-electron chi connectivity index (χ0n) is 7.41. The van der Waals surface area contributed by atoms with Crippen LogP contribution in [0.2, 0.25) is 0 Å². The van der Waals surface area contributed by atoms with Crippen molar-refractivity contribution in [2.75, 3.05) is 5.88 Å². The van der Waals surface area contributed by atoms with E-state index in [4.69, 9.17) is 0 Å². The topological polar surface area (TPSA) is 29.4 Å². The number of halogens is 3. The van der Waals surface area contributed by atoms with Gasteiger partial charge in [0.2, 0.25) is 6.08 Å². The summed E-state index contributed by atoms with van der Waals surface area (Å²) >= 11 is 1.05. The maximum absolute atomic E-state index is 12.3. The van der Waals surface area contributed by atoms with Crippen molar-refractivity contribution >= 4 is 17.8 Å². The molecule has 0 N–H and O–H groups in total. The quantitative estimate of drug-likeness (QED) is 0.456. The van der Waals surface area contributed by atoms with E-state index in [2.05, 4.69) is 4.99 Å². The van der Waals surface area contributed by atoms with E-state index in [-0.39, 0.29) is 5.88 Å². The van der Waals surface area contributed by atoms with E-state index in [0.717, 1.165) is 23.9 Å². The van der Waals surface area contributed by atoms with Gasteiger partial charge in [0.1, 0.15) is 5.88 Å². The lowest BCUT2D eigenvalue weighted by atomic mass is 10.2. The fourth-order valence-electron chi connectivity index (χ4n) is 0.895. The largest absolute Gasteiger partial charge is 0.416 e. The highest BCUT2D eigenvalue weighted by atomic mass is 32.2. The van der Waals surface area contributed by atoms with Crippen LogP contribution in [0, 0.1) is 0 Å². The molecule has 0 saturated heterocycles. The van der Waals surface area contributed by atoms with Crippen LogP contribution < -0.4 is 0 Å². The molecule has 80 valence electrons. The van der Waals surface area contributed by atoms with Crippen molar-refractivity contribution < 1.29 is 18.0 Å². The van der Waals surface area contributed by atoms with Crippen LogP contribution in [-0.2, 0) is 11.0 Å². The summed E-state index contributed by atoms with van der Waals surface area (Å²) in [7, 11) is 0. The van der Waals surface area contributed by atoms with Crippen LogP contribution in [0.15, 0.2) is 34.2 Å². The fraction of sp³-hybridized carbons (Fsp3) is 0.222. The Bertz CT molecular complexity index is 385. The summed E-state index contributed by atoms with van der Waals surface area (Å²) < 4.78 is 36.8. The van der Waals surface area contributed by atoms with E-state index in [9.17, 15) is 18.0 Å². The number of alkyl halides is 3. The molecule has 0 atom stereocenters. The van der Waals surface area contributed by atoms with Crippen molar-refractivity contribution in [2.24, 2.45) is 4.99 Å². The zero-order chi connectivity index (χ0) is 11.3. The minimum atomic E-state index is -4.34. The zero-order valence-corrected chi connectivity index (χ0v) is 8.23. The van der Waals surface area contributed by atoms with Crippen LogP contribution in [0.3, 0.4) is 0 Å². The van der Waals surface area contributed by atoms with Gasteiger partial charge in [0.05, 0.1) is 5.56 Å². The second-order valence-electron chi connectivity index (χ2n) is 2.55. The van der Waals surface area contributed by atoms with E-state index < -0.39 is 11.7 Å². The predicted octanol–water partition coefficient (Wildman–Crippen LogP) is 3.09. The van der Waals surface area contributed by atoms with Crippen molar-refractivity contribution in [1.82, 2.24) is 0 Å². The van der Waals surface area contributed by atoms with Crippen LogP contribution in [0.1, 0.15) is 5.56 Å². The second-order valence-corrected chi connectivity index (χ2v) is 3.57. The molecule has 0 aliphatic carbocycles. The first kappa shape index (κ1) is 11.8. The van der Waals surface area contributed by atoms with Crippen LogP contribution in [0.5, 0.6) is 0 Å². The monoisotopic (exact) mass is 233 g/mol. The Morgan fingerprint density at radius 1 is 1.40 bits per heavy atom. The molecule has 0 aliphatic heterocycles. The molecule has 6 heteroatoms.